The Morgan fingerprint density at radius 1 is 1.60 bits per heavy atom. The van der Waals surface area contributed by atoms with Crippen LogP contribution in [0.4, 0.5) is 0 Å². The molecular formula is C10H18N4O. The van der Waals surface area contributed by atoms with Gasteiger partial charge in [-0.05, 0) is 21.0 Å². The number of hydrogen-bond donors (Lipinski definition) is 1. The maximum atomic E-state index is 11.7. The Labute approximate surface area is 90.1 Å². The number of hydrogen-bond acceptors (Lipinski definition) is 3. The monoisotopic (exact) mass is 210 g/mol. The fraction of sp³-hybridized carbons (Fsp3) is 0.600. The first-order valence-corrected chi connectivity index (χ1v) is 4.94. The van der Waals surface area contributed by atoms with Crippen LogP contribution in [0.1, 0.15) is 16.1 Å². The first kappa shape index (κ1) is 11.7. The molecule has 1 aromatic rings. The van der Waals surface area contributed by atoms with Crippen molar-refractivity contribution in [2.45, 2.75) is 6.92 Å². The Bertz CT molecular complexity index is 343. The molecule has 5 nitrogen and oxygen atoms in total. The van der Waals surface area contributed by atoms with Crippen LogP contribution in [0.15, 0.2) is 6.20 Å². The van der Waals surface area contributed by atoms with Gasteiger partial charge in [0.2, 0.25) is 0 Å². The normalized spacial score (nSPS) is 10.7. The van der Waals surface area contributed by atoms with Gasteiger partial charge in [0.25, 0.3) is 5.91 Å². The Morgan fingerprint density at radius 3 is 2.73 bits per heavy atom. The van der Waals surface area contributed by atoms with Crippen LogP contribution in [0.3, 0.4) is 0 Å². The fourth-order valence-corrected chi connectivity index (χ4v) is 1.31. The fourth-order valence-electron chi connectivity index (χ4n) is 1.31. The average Bonchev–Trinajstić information content (AvgIpc) is 2.44. The molecule has 0 aliphatic heterocycles. The number of amides is 1. The van der Waals surface area contributed by atoms with Crippen molar-refractivity contribution < 1.29 is 4.79 Å². The minimum atomic E-state index is -0.102. The third kappa shape index (κ3) is 3.36. The molecule has 0 atom stereocenters. The van der Waals surface area contributed by atoms with E-state index in [1.54, 1.807) is 4.68 Å². The number of nitrogens with one attached hydrogen (secondary N) is 1. The van der Waals surface area contributed by atoms with E-state index in [1.807, 2.05) is 39.2 Å². The van der Waals surface area contributed by atoms with Crippen molar-refractivity contribution in [2.24, 2.45) is 7.05 Å². The standard InChI is InChI=1S/C10H18N4O/c1-8-7-14(4)12-9(8)10(15)11-5-6-13(2)3/h7H,5-6H2,1-4H3,(H,11,15). The Morgan fingerprint density at radius 2 is 2.27 bits per heavy atom. The SMILES string of the molecule is Cc1cn(C)nc1C(=O)NCCN(C)C. The highest BCUT2D eigenvalue weighted by Crippen LogP contribution is 2.03. The molecular weight excluding hydrogens is 192 g/mol. The number of aryl methyl sites for hydroxylation is 2. The third-order valence-corrected chi connectivity index (χ3v) is 2.07. The number of aromatic nitrogens is 2. The van der Waals surface area contributed by atoms with Crippen molar-refractivity contribution in [1.82, 2.24) is 20.0 Å². The van der Waals surface area contributed by atoms with E-state index in [0.29, 0.717) is 12.2 Å². The van der Waals surface area contributed by atoms with Crippen LogP contribution >= 0.6 is 0 Å². The molecule has 0 radical (unpaired) electrons. The molecule has 0 aromatic carbocycles. The minimum Gasteiger partial charge on any atom is -0.349 e. The summed E-state index contributed by atoms with van der Waals surface area (Å²) in [6.45, 7) is 3.35. The summed E-state index contributed by atoms with van der Waals surface area (Å²) in [5.74, 6) is -0.102. The number of rotatable bonds is 4. The summed E-state index contributed by atoms with van der Waals surface area (Å²) in [5.41, 5.74) is 1.41. The van der Waals surface area contributed by atoms with E-state index >= 15 is 0 Å². The molecule has 1 rings (SSSR count). The molecule has 0 saturated carbocycles. The average molecular weight is 210 g/mol. The summed E-state index contributed by atoms with van der Waals surface area (Å²) in [6.07, 6.45) is 1.83. The Balaban J connectivity index is 2.50. The van der Waals surface area contributed by atoms with Gasteiger partial charge in [0.15, 0.2) is 5.69 Å². The summed E-state index contributed by atoms with van der Waals surface area (Å²) < 4.78 is 1.65. The van der Waals surface area contributed by atoms with E-state index in [4.69, 9.17) is 0 Å². The van der Waals surface area contributed by atoms with Crippen LogP contribution in [0, 0.1) is 6.92 Å². The van der Waals surface area contributed by atoms with Crippen molar-refractivity contribution in [2.75, 3.05) is 27.2 Å². The smallest absolute Gasteiger partial charge is 0.272 e. The summed E-state index contributed by atoms with van der Waals surface area (Å²) in [4.78, 5) is 13.7. The van der Waals surface area contributed by atoms with Crippen LogP contribution in [-0.4, -0.2) is 47.8 Å². The molecule has 1 heterocycles. The zero-order valence-electron chi connectivity index (χ0n) is 9.74. The molecule has 0 aliphatic carbocycles. The first-order valence-electron chi connectivity index (χ1n) is 4.94. The van der Waals surface area contributed by atoms with Crippen LogP contribution in [0.2, 0.25) is 0 Å². The second-order valence-electron chi connectivity index (χ2n) is 3.89. The van der Waals surface area contributed by atoms with Crippen molar-refractivity contribution >= 4 is 5.91 Å². The molecule has 0 spiro atoms. The largest absolute Gasteiger partial charge is 0.349 e. The van der Waals surface area contributed by atoms with Gasteiger partial charge in [0.1, 0.15) is 0 Å². The van der Waals surface area contributed by atoms with E-state index in [0.717, 1.165) is 12.1 Å². The molecule has 0 saturated heterocycles. The molecule has 0 aliphatic rings. The highest BCUT2D eigenvalue weighted by atomic mass is 16.1. The van der Waals surface area contributed by atoms with Crippen molar-refractivity contribution in [3.63, 3.8) is 0 Å². The predicted octanol–water partition coefficient (Wildman–Crippen LogP) is 0.0199. The predicted molar refractivity (Wildman–Crippen MR) is 58.8 cm³/mol. The zero-order chi connectivity index (χ0) is 11.4. The highest BCUT2D eigenvalue weighted by molar-refractivity contribution is 5.93. The molecule has 0 bridgehead atoms. The molecule has 0 fully saturated rings. The van der Waals surface area contributed by atoms with E-state index in [-0.39, 0.29) is 5.91 Å². The lowest BCUT2D eigenvalue weighted by Crippen LogP contribution is -2.31. The number of carbonyl (C=O) groups excluding carboxylic acids is 1. The van der Waals surface area contributed by atoms with Gasteiger partial charge in [-0.2, -0.15) is 5.10 Å². The second-order valence-corrected chi connectivity index (χ2v) is 3.89. The highest BCUT2D eigenvalue weighted by Gasteiger charge is 2.11. The number of nitrogens with zero attached hydrogens (tertiary/aromatic N) is 3. The third-order valence-electron chi connectivity index (χ3n) is 2.07. The molecule has 84 valence electrons. The topological polar surface area (TPSA) is 50.2 Å². The van der Waals surface area contributed by atoms with Crippen LogP contribution in [0.5, 0.6) is 0 Å². The van der Waals surface area contributed by atoms with Crippen LogP contribution < -0.4 is 5.32 Å². The summed E-state index contributed by atoms with van der Waals surface area (Å²) in [7, 11) is 5.75. The van der Waals surface area contributed by atoms with Gasteiger partial charge in [0.05, 0.1) is 0 Å². The maximum absolute atomic E-state index is 11.7. The van der Waals surface area contributed by atoms with Gasteiger partial charge >= 0.3 is 0 Å². The molecule has 1 amide bonds. The summed E-state index contributed by atoms with van der Waals surface area (Å²) >= 11 is 0. The van der Waals surface area contributed by atoms with Gasteiger partial charge in [0, 0.05) is 31.9 Å². The van der Waals surface area contributed by atoms with E-state index in [1.165, 1.54) is 0 Å². The lowest BCUT2D eigenvalue weighted by Gasteiger charge is -2.09. The lowest BCUT2D eigenvalue weighted by molar-refractivity contribution is 0.0945. The summed E-state index contributed by atoms with van der Waals surface area (Å²) in [6, 6.07) is 0. The van der Waals surface area contributed by atoms with Crippen LogP contribution in [-0.2, 0) is 7.05 Å². The van der Waals surface area contributed by atoms with Crippen molar-refractivity contribution in [3.05, 3.63) is 17.5 Å². The second kappa shape index (κ2) is 4.93. The quantitative estimate of drug-likeness (QED) is 0.762. The first-order chi connectivity index (χ1) is 7.00. The maximum Gasteiger partial charge on any atom is 0.272 e. The molecule has 15 heavy (non-hydrogen) atoms. The van der Waals surface area contributed by atoms with E-state index in [2.05, 4.69) is 10.4 Å². The zero-order valence-corrected chi connectivity index (χ0v) is 9.74. The van der Waals surface area contributed by atoms with Gasteiger partial charge in [-0.3, -0.25) is 9.48 Å². The molecule has 1 N–H and O–H groups in total. The van der Waals surface area contributed by atoms with Crippen LogP contribution in [0.25, 0.3) is 0 Å². The van der Waals surface area contributed by atoms with Crippen molar-refractivity contribution in [3.8, 4) is 0 Å². The number of carbonyl (C=O) groups is 1. The number of likely N-dealkylation sites (N-methyl/N-ethyl adjacent to an activating group) is 1. The molecule has 0 unspecified atom stereocenters. The Hall–Kier alpha value is -1.36. The van der Waals surface area contributed by atoms with Gasteiger partial charge < -0.3 is 10.2 Å². The van der Waals surface area contributed by atoms with Crippen molar-refractivity contribution in [1.29, 1.82) is 0 Å². The van der Waals surface area contributed by atoms with E-state index in [9.17, 15) is 4.79 Å². The minimum absolute atomic E-state index is 0.102. The molecule has 5 heteroatoms. The van der Waals surface area contributed by atoms with Gasteiger partial charge in [-0.25, -0.2) is 0 Å². The lowest BCUT2D eigenvalue weighted by atomic mass is 10.2. The van der Waals surface area contributed by atoms with Gasteiger partial charge in [-0.15, -0.1) is 0 Å². The van der Waals surface area contributed by atoms with E-state index < -0.39 is 0 Å². The summed E-state index contributed by atoms with van der Waals surface area (Å²) in [5, 5.41) is 6.93. The van der Waals surface area contributed by atoms with Gasteiger partial charge in [-0.1, -0.05) is 0 Å². The Kier molecular flexibility index (Phi) is 3.85. The molecule has 1 aromatic heterocycles.